The van der Waals surface area contributed by atoms with E-state index in [1.165, 1.54) is 11.3 Å². The highest BCUT2D eigenvalue weighted by Gasteiger charge is 2.42. The lowest BCUT2D eigenvalue weighted by atomic mass is 10.0. The number of aryl methyl sites for hydroxylation is 1. The average Bonchev–Trinajstić information content (AvgIpc) is 3.81. The van der Waals surface area contributed by atoms with Crippen LogP contribution in [0.15, 0.2) is 52.3 Å². The molecule has 2 saturated heterocycles. The van der Waals surface area contributed by atoms with Gasteiger partial charge in [0.1, 0.15) is 20.8 Å². The summed E-state index contributed by atoms with van der Waals surface area (Å²) in [5.74, 6) is 1.11. The zero-order valence-electron chi connectivity index (χ0n) is 27.5. The minimum Gasteiger partial charge on any atom is -0.356 e. The molecule has 3 atom stereocenters. The minimum atomic E-state index is -0.0467. The third kappa shape index (κ3) is 7.93. The van der Waals surface area contributed by atoms with E-state index in [0.717, 1.165) is 94.3 Å². The molecule has 1 aromatic carbocycles. The van der Waals surface area contributed by atoms with Crippen molar-refractivity contribution in [2.24, 2.45) is 0 Å². The largest absolute Gasteiger partial charge is 0.356 e. The van der Waals surface area contributed by atoms with Crippen molar-refractivity contribution < 1.29 is 14.2 Å². The summed E-state index contributed by atoms with van der Waals surface area (Å²) in [6, 6.07) is 12.5. The zero-order chi connectivity index (χ0) is 33.6. The quantitative estimate of drug-likeness (QED) is 0.129. The maximum absolute atomic E-state index is 13.6. The van der Waals surface area contributed by atoms with Gasteiger partial charge >= 0.3 is 6.03 Å². The van der Waals surface area contributed by atoms with Crippen molar-refractivity contribution in [3.8, 4) is 0 Å². The van der Waals surface area contributed by atoms with Gasteiger partial charge in [-0.25, -0.2) is 4.79 Å². The molecule has 13 heteroatoms. The number of anilines is 1. The minimum absolute atomic E-state index is 0.0286. The van der Waals surface area contributed by atoms with Crippen molar-refractivity contribution in [3.05, 3.63) is 72.9 Å². The number of fused-ring (bicyclic) bond motifs is 2. The molecule has 3 aliphatic heterocycles. The topological polar surface area (TPSA) is 99.3 Å². The van der Waals surface area contributed by atoms with Gasteiger partial charge in [0.05, 0.1) is 27.7 Å². The number of carbonyl (C=O) groups is 2. The van der Waals surface area contributed by atoms with Gasteiger partial charge in [-0.2, -0.15) is 16.3 Å². The number of benzene rings is 1. The van der Waals surface area contributed by atoms with Gasteiger partial charge in [-0.05, 0) is 50.8 Å². The molecule has 3 N–H and O–H groups in total. The molecule has 256 valence electrons. The molecule has 48 heavy (non-hydrogen) atoms. The smallest absolute Gasteiger partial charge is 0.315 e. The number of nitrogens with one attached hydrogen (secondary N) is 3. The first-order chi connectivity index (χ1) is 23.3. The van der Waals surface area contributed by atoms with Gasteiger partial charge in [0.15, 0.2) is 6.20 Å². The number of unbranched alkanes of at least 4 members (excludes halogenated alkanes) is 4. The number of hydrogen-bond donors (Lipinski definition) is 3. The first-order valence-electron chi connectivity index (χ1n) is 16.9. The van der Waals surface area contributed by atoms with Crippen molar-refractivity contribution in [3.63, 3.8) is 0 Å². The van der Waals surface area contributed by atoms with Gasteiger partial charge in [-0.3, -0.25) is 14.2 Å². The second kappa shape index (κ2) is 16.2. The summed E-state index contributed by atoms with van der Waals surface area (Å²) in [5.41, 5.74) is 2.12. The number of urea groups is 1. The van der Waals surface area contributed by atoms with Crippen molar-refractivity contribution in [2.75, 3.05) is 24.2 Å². The van der Waals surface area contributed by atoms with Crippen molar-refractivity contribution in [1.29, 1.82) is 0 Å². The molecule has 6 rings (SSSR count). The van der Waals surface area contributed by atoms with E-state index in [9.17, 15) is 14.4 Å². The van der Waals surface area contributed by atoms with E-state index in [0.29, 0.717) is 23.2 Å². The number of halogens is 1. The lowest BCUT2D eigenvalue weighted by molar-refractivity contribution is -0.699. The van der Waals surface area contributed by atoms with E-state index >= 15 is 0 Å². The molecule has 3 aromatic rings. The summed E-state index contributed by atoms with van der Waals surface area (Å²) in [6.45, 7) is 4.21. The van der Waals surface area contributed by atoms with Gasteiger partial charge in [0, 0.05) is 62.2 Å². The molecule has 3 aliphatic rings. The Morgan fingerprint density at radius 1 is 1.08 bits per heavy atom. The average molecular weight is 728 g/mol. The van der Waals surface area contributed by atoms with Crippen LogP contribution in [0.1, 0.15) is 64.0 Å². The Kier molecular flexibility index (Phi) is 11.8. The van der Waals surface area contributed by atoms with Crippen LogP contribution in [-0.2, 0) is 17.9 Å². The van der Waals surface area contributed by atoms with Crippen LogP contribution in [0.3, 0.4) is 0 Å². The third-order valence-electron chi connectivity index (χ3n) is 9.21. The van der Waals surface area contributed by atoms with E-state index in [2.05, 4.69) is 43.8 Å². The van der Waals surface area contributed by atoms with E-state index in [4.69, 9.17) is 11.6 Å². The second-order valence-electron chi connectivity index (χ2n) is 12.5. The number of carbonyl (C=O) groups excluding carboxylic acids is 2. The first kappa shape index (κ1) is 34.9. The van der Waals surface area contributed by atoms with Gasteiger partial charge < -0.3 is 20.9 Å². The summed E-state index contributed by atoms with van der Waals surface area (Å²) in [4.78, 5) is 40.5. The molecule has 0 bridgehead atoms. The summed E-state index contributed by atoms with van der Waals surface area (Å²) in [5, 5.41) is 11.2. The monoisotopic (exact) mass is 727 g/mol. The van der Waals surface area contributed by atoms with Crippen molar-refractivity contribution >= 4 is 75.2 Å². The van der Waals surface area contributed by atoms with Crippen LogP contribution >= 0.6 is 46.5 Å². The first-order valence-corrected chi connectivity index (χ1v) is 20.0. The van der Waals surface area contributed by atoms with E-state index in [-0.39, 0.29) is 29.6 Å². The van der Waals surface area contributed by atoms with E-state index < -0.39 is 0 Å². The number of hydrogen-bond acceptors (Lipinski definition) is 7. The number of thiazole rings is 1. The predicted octanol–water partition coefficient (Wildman–Crippen LogP) is 4.41. The highest BCUT2D eigenvalue weighted by Crippen LogP contribution is 2.48. The Bertz CT molecular complexity index is 1830. The van der Waals surface area contributed by atoms with Crippen LogP contribution in [0.5, 0.6) is 0 Å². The lowest BCUT2D eigenvalue weighted by Crippen LogP contribution is -2.38. The lowest BCUT2D eigenvalue weighted by Gasteiger charge is -2.16. The van der Waals surface area contributed by atoms with Gasteiger partial charge in [0.25, 0.3) is 5.56 Å². The predicted molar refractivity (Wildman–Crippen MR) is 198 cm³/mol. The molecule has 0 aliphatic carbocycles. The Labute approximate surface area is 299 Å². The molecule has 9 nitrogen and oxygen atoms in total. The Morgan fingerprint density at radius 2 is 1.94 bits per heavy atom. The number of aromatic nitrogens is 2. The molecule has 0 radical (unpaired) electrons. The van der Waals surface area contributed by atoms with Crippen molar-refractivity contribution in [2.45, 2.75) is 93.6 Å². The third-order valence-corrected chi connectivity index (χ3v) is 13.7. The molecule has 2 fully saturated rings. The molecule has 2 aromatic heterocycles. The standard InChI is InChI=1S/C35H43ClN6O3S3/c1-3-42-29(47-32(33(42)44)34-40(2)26-15-12-14-24(36)31(26)48-34)21-23-13-8-11-20-41(23)19-10-5-4-9-18-37-28(43)17-7-6-16-27-30-25(22-46-27)38-35(45)39-30/h8,11-15,20-21,25,27,30H,3-7,9-10,16-19,22H2,1-2H3,(H2-,37,38,39,43,45)/p+1/b34-32+/t25-,27-,30-/m0/s1. The van der Waals surface area contributed by atoms with Crippen molar-refractivity contribution in [1.82, 2.24) is 20.5 Å². The SMILES string of the molecule is CCn1c(=O)/c(=C2\Sc3c(Cl)cccc3N2C)s/c1=C\c1cccc[n+]1CCCCCCNC(=O)CCCC[C@@H]1SC[C@@H]2NC(=O)N[C@@H]21. The van der Waals surface area contributed by atoms with Crippen LogP contribution in [0.4, 0.5) is 10.5 Å². The Morgan fingerprint density at radius 3 is 2.77 bits per heavy atom. The van der Waals surface area contributed by atoms with Crippen LogP contribution < -0.4 is 40.2 Å². The van der Waals surface area contributed by atoms with Gasteiger partial charge in [-0.15, -0.1) is 11.3 Å². The summed E-state index contributed by atoms with van der Waals surface area (Å²) >= 11 is 11.5. The van der Waals surface area contributed by atoms with Crippen LogP contribution in [0, 0.1) is 0 Å². The number of thioether (sulfide) groups is 2. The number of pyridine rings is 1. The highest BCUT2D eigenvalue weighted by atomic mass is 35.5. The van der Waals surface area contributed by atoms with Gasteiger partial charge in [-0.1, -0.05) is 42.3 Å². The summed E-state index contributed by atoms with van der Waals surface area (Å²) in [7, 11) is 1.99. The molecule has 5 heterocycles. The fraction of sp³-hybridized carbons (Fsp3) is 0.486. The van der Waals surface area contributed by atoms with E-state index in [1.807, 2.05) is 60.6 Å². The molecule has 3 amide bonds. The van der Waals surface area contributed by atoms with Crippen LogP contribution in [0.25, 0.3) is 11.1 Å². The fourth-order valence-corrected chi connectivity index (χ4v) is 10.9. The molecular formula is C35H44ClN6O3S3+. The van der Waals surface area contributed by atoms with Crippen LogP contribution in [0.2, 0.25) is 5.02 Å². The summed E-state index contributed by atoms with van der Waals surface area (Å²) < 4.78 is 5.78. The van der Waals surface area contributed by atoms with Gasteiger partial charge in [0.2, 0.25) is 11.6 Å². The maximum atomic E-state index is 13.6. The molecule has 0 saturated carbocycles. The normalized spacial score (nSPS) is 21.3. The molecule has 0 unspecified atom stereocenters. The highest BCUT2D eigenvalue weighted by molar-refractivity contribution is 8.08. The Balaban J connectivity index is 0.957. The van der Waals surface area contributed by atoms with E-state index in [1.54, 1.807) is 11.8 Å². The van der Waals surface area contributed by atoms with Crippen LogP contribution in [-0.4, -0.2) is 53.2 Å². The number of nitrogens with zero attached hydrogens (tertiary/aromatic N) is 3. The maximum Gasteiger partial charge on any atom is 0.315 e. The Hall–Kier alpha value is -2.93. The second-order valence-corrected chi connectivity index (χ2v) is 16.2. The summed E-state index contributed by atoms with van der Waals surface area (Å²) in [6.07, 6.45) is 11.9. The number of amides is 3. The fourth-order valence-electron chi connectivity index (χ4n) is 6.61. The number of rotatable bonds is 14. The molecule has 0 spiro atoms. The molecular weight excluding hydrogens is 684 g/mol. The zero-order valence-corrected chi connectivity index (χ0v) is 30.7.